The Bertz CT molecular complexity index is 972. The lowest BCUT2D eigenvalue weighted by Gasteiger charge is -2.25. The van der Waals surface area contributed by atoms with Crippen LogP contribution in [0.2, 0.25) is 0 Å². The first-order valence-corrected chi connectivity index (χ1v) is 10.9. The van der Waals surface area contributed by atoms with E-state index in [2.05, 4.69) is 17.1 Å². The van der Waals surface area contributed by atoms with Crippen molar-refractivity contribution in [1.29, 1.82) is 0 Å². The first kappa shape index (κ1) is 18.9. The predicted octanol–water partition coefficient (Wildman–Crippen LogP) is 4.86. The number of nitrogens with zero attached hydrogens (tertiary/aromatic N) is 3. The van der Waals surface area contributed by atoms with Crippen molar-refractivity contribution in [2.75, 3.05) is 6.61 Å². The molecule has 2 aromatic carbocycles. The van der Waals surface area contributed by atoms with Gasteiger partial charge in [0, 0.05) is 36.2 Å². The van der Waals surface area contributed by atoms with Crippen molar-refractivity contribution < 1.29 is 9.53 Å². The zero-order valence-electron chi connectivity index (χ0n) is 17.1. The van der Waals surface area contributed by atoms with Crippen LogP contribution in [0.1, 0.15) is 48.0 Å². The van der Waals surface area contributed by atoms with E-state index in [4.69, 9.17) is 4.74 Å². The van der Waals surface area contributed by atoms with E-state index in [0.717, 1.165) is 47.9 Å². The van der Waals surface area contributed by atoms with E-state index < -0.39 is 0 Å². The maximum Gasteiger partial charge on any atom is 0.254 e. The zero-order chi connectivity index (χ0) is 20.3. The minimum atomic E-state index is 0.0972. The van der Waals surface area contributed by atoms with Gasteiger partial charge in [0.05, 0.1) is 12.9 Å². The van der Waals surface area contributed by atoms with Gasteiger partial charge in [0.1, 0.15) is 5.75 Å². The molecule has 1 amide bonds. The quantitative estimate of drug-likeness (QED) is 0.542. The molecule has 30 heavy (non-hydrogen) atoms. The standard InChI is InChI=1S/C25H27N3O2/c29-25(21-6-8-22(9-7-21)27-15-14-26-18-27)28(23-10-11-23)16-19-4-12-24(13-5-19)30-17-20-2-1-3-20/h4-9,12-15,18,20,23H,1-3,10-11,16-17H2. The lowest BCUT2D eigenvalue weighted by Crippen LogP contribution is -2.32. The van der Waals surface area contributed by atoms with E-state index >= 15 is 0 Å². The fourth-order valence-electron chi connectivity index (χ4n) is 3.87. The van der Waals surface area contributed by atoms with Crippen LogP contribution in [0.25, 0.3) is 5.69 Å². The van der Waals surface area contributed by atoms with E-state index in [1.54, 1.807) is 12.5 Å². The van der Waals surface area contributed by atoms with Gasteiger partial charge < -0.3 is 14.2 Å². The molecule has 2 aliphatic carbocycles. The van der Waals surface area contributed by atoms with Gasteiger partial charge in [0.2, 0.25) is 0 Å². The summed E-state index contributed by atoms with van der Waals surface area (Å²) in [6, 6.07) is 16.3. The number of hydrogen-bond acceptors (Lipinski definition) is 3. The zero-order valence-corrected chi connectivity index (χ0v) is 17.1. The Hall–Kier alpha value is -3.08. The number of ether oxygens (including phenoxy) is 1. The Morgan fingerprint density at radius 1 is 1.03 bits per heavy atom. The van der Waals surface area contributed by atoms with Gasteiger partial charge in [-0.1, -0.05) is 18.6 Å². The van der Waals surface area contributed by atoms with Gasteiger partial charge in [-0.05, 0) is 73.6 Å². The number of rotatable bonds is 8. The Labute approximate surface area is 177 Å². The van der Waals surface area contributed by atoms with Gasteiger partial charge in [0.15, 0.2) is 0 Å². The summed E-state index contributed by atoms with van der Waals surface area (Å²) < 4.78 is 7.83. The van der Waals surface area contributed by atoms with Crippen LogP contribution in [0.15, 0.2) is 67.3 Å². The predicted molar refractivity (Wildman–Crippen MR) is 116 cm³/mol. The van der Waals surface area contributed by atoms with Crippen molar-refractivity contribution in [3.63, 3.8) is 0 Å². The van der Waals surface area contributed by atoms with E-state index in [1.807, 2.05) is 52.1 Å². The van der Waals surface area contributed by atoms with Crippen molar-refractivity contribution in [2.45, 2.75) is 44.7 Å². The summed E-state index contributed by atoms with van der Waals surface area (Å²) in [5, 5.41) is 0. The number of benzene rings is 2. The summed E-state index contributed by atoms with van der Waals surface area (Å²) in [5.74, 6) is 1.75. The third-order valence-corrected chi connectivity index (χ3v) is 6.15. The summed E-state index contributed by atoms with van der Waals surface area (Å²) in [4.78, 5) is 19.3. The molecule has 5 nitrogen and oxygen atoms in total. The third kappa shape index (κ3) is 4.25. The normalized spacial score (nSPS) is 16.1. The van der Waals surface area contributed by atoms with Gasteiger partial charge in [-0.3, -0.25) is 4.79 Å². The van der Waals surface area contributed by atoms with E-state index in [1.165, 1.54) is 19.3 Å². The molecule has 0 N–H and O–H groups in total. The fourth-order valence-corrected chi connectivity index (χ4v) is 3.87. The number of carbonyl (C=O) groups excluding carboxylic acids is 1. The van der Waals surface area contributed by atoms with Crippen molar-refractivity contribution in [3.8, 4) is 11.4 Å². The molecule has 0 atom stereocenters. The first-order valence-electron chi connectivity index (χ1n) is 10.9. The molecule has 0 spiro atoms. The number of carbonyl (C=O) groups is 1. The maximum atomic E-state index is 13.2. The average molecular weight is 402 g/mol. The lowest BCUT2D eigenvalue weighted by molar-refractivity contribution is 0.0730. The Morgan fingerprint density at radius 3 is 2.40 bits per heavy atom. The molecule has 1 aromatic heterocycles. The van der Waals surface area contributed by atoms with Crippen molar-refractivity contribution >= 4 is 5.91 Å². The average Bonchev–Trinajstić information content (AvgIpc) is 3.44. The van der Waals surface area contributed by atoms with Gasteiger partial charge in [-0.15, -0.1) is 0 Å². The molecule has 0 saturated heterocycles. The van der Waals surface area contributed by atoms with Gasteiger partial charge in [-0.25, -0.2) is 4.98 Å². The van der Waals surface area contributed by atoms with Crippen LogP contribution in [-0.4, -0.2) is 33.0 Å². The summed E-state index contributed by atoms with van der Waals surface area (Å²) in [6.45, 7) is 1.46. The largest absolute Gasteiger partial charge is 0.493 e. The molecular weight excluding hydrogens is 374 g/mol. The highest BCUT2D eigenvalue weighted by Crippen LogP contribution is 2.31. The molecule has 2 fully saturated rings. The molecule has 0 radical (unpaired) electrons. The van der Waals surface area contributed by atoms with Crippen LogP contribution in [0.5, 0.6) is 5.75 Å². The van der Waals surface area contributed by atoms with Gasteiger partial charge >= 0.3 is 0 Å². The third-order valence-electron chi connectivity index (χ3n) is 6.15. The van der Waals surface area contributed by atoms with E-state index in [0.29, 0.717) is 12.6 Å². The monoisotopic (exact) mass is 401 g/mol. The number of hydrogen-bond donors (Lipinski definition) is 0. The fraction of sp³-hybridized carbons (Fsp3) is 0.360. The summed E-state index contributed by atoms with van der Waals surface area (Å²) in [6.07, 6.45) is 11.5. The van der Waals surface area contributed by atoms with Crippen LogP contribution < -0.4 is 4.74 Å². The van der Waals surface area contributed by atoms with Crippen molar-refractivity contribution in [2.24, 2.45) is 5.92 Å². The SMILES string of the molecule is O=C(c1ccc(-n2ccnc2)cc1)N(Cc1ccc(OCC2CCC2)cc1)C1CC1. The molecule has 154 valence electrons. The molecule has 1 heterocycles. The maximum absolute atomic E-state index is 13.2. The van der Waals surface area contributed by atoms with Crippen LogP contribution >= 0.6 is 0 Å². The van der Waals surface area contributed by atoms with E-state index in [-0.39, 0.29) is 5.91 Å². The van der Waals surface area contributed by atoms with Crippen molar-refractivity contribution in [3.05, 3.63) is 78.4 Å². The highest BCUT2D eigenvalue weighted by molar-refractivity contribution is 5.94. The number of imidazole rings is 1. The number of aromatic nitrogens is 2. The molecule has 5 heteroatoms. The molecule has 0 aliphatic heterocycles. The van der Waals surface area contributed by atoms with Gasteiger partial charge in [-0.2, -0.15) is 0 Å². The Kier molecular flexibility index (Phi) is 5.26. The molecular formula is C25H27N3O2. The topological polar surface area (TPSA) is 47.4 Å². The molecule has 3 aromatic rings. The Balaban J connectivity index is 1.24. The van der Waals surface area contributed by atoms with Crippen LogP contribution in [0, 0.1) is 5.92 Å². The van der Waals surface area contributed by atoms with Crippen molar-refractivity contribution in [1.82, 2.24) is 14.5 Å². The summed E-state index contributed by atoms with van der Waals surface area (Å²) >= 11 is 0. The summed E-state index contributed by atoms with van der Waals surface area (Å²) in [5.41, 5.74) is 2.87. The number of amides is 1. The highest BCUT2D eigenvalue weighted by atomic mass is 16.5. The molecule has 5 rings (SSSR count). The van der Waals surface area contributed by atoms with Crippen LogP contribution in [0.3, 0.4) is 0 Å². The van der Waals surface area contributed by atoms with Crippen LogP contribution in [-0.2, 0) is 6.54 Å². The highest BCUT2D eigenvalue weighted by Gasteiger charge is 2.33. The van der Waals surface area contributed by atoms with E-state index in [9.17, 15) is 4.79 Å². The molecule has 0 unspecified atom stereocenters. The Morgan fingerprint density at radius 2 is 1.80 bits per heavy atom. The molecule has 0 bridgehead atoms. The molecule has 2 aliphatic rings. The first-order chi connectivity index (χ1) is 14.8. The second-order valence-corrected chi connectivity index (χ2v) is 8.43. The lowest BCUT2D eigenvalue weighted by atomic mass is 9.86. The van der Waals surface area contributed by atoms with Gasteiger partial charge in [0.25, 0.3) is 5.91 Å². The smallest absolute Gasteiger partial charge is 0.254 e. The second kappa shape index (κ2) is 8.34. The second-order valence-electron chi connectivity index (χ2n) is 8.43. The van der Waals surface area contributed by atoms with Crippen LogP contribution in [0.4, 0.5) is 0 Å². The summed E-state index contributed by atoms with van der Waals surface area (Å²) in [7, 11) is 0. The minimum Gasteiger partial charge on any atom is -0.493 e. The minimum absolute atomic E-state index is 0.0972. The molecule has 2 saturated carbocycles.